The van der Waals surface area contributed by atoms with Gasteiger partial charge in [0.2, 0.25) is 23.4 Å². The molecule has 0 amide bonds. The first-order chi connectivity index (χ1) is 10.5. The van der Waals surface area contributed by atoms with E-state index in [1.165, 1.54) is 38.5 Å². The Balaban J connectivity index is 0.00000264. The number of benzene rings is 1. The van der Waals surface area contributed by atoms with Crippen LogP contribution < -0.4 is 44.1 Å². The summed E-state index contributed by atoms with van der Waals surface area (Å²) in [5.41, 5.74) is -0.595. The smallest absolute Gasteiger partial charge is 0.545 e. The molecule has 0 bridgehead atoms. The van der Waals surface area contributed by atoms with Crippen molar-refractivity contribution in [3.8, 4) is 11.8 Å². The van der Waals surface area contributed by atoms with Crippen LogP contribution in [0.1, 0.15) is 26.5 Å². The van der Waals surface area contributed by atoms with Crippen molar-refractivity contribution in [2.75, 3.05) is 14.2 Å². The van der Waals surface area contributed by atoms with Gasteiger partial charge in [0.05, 0.1) is 31.3 Å². The molecule has 0 N–H and O–H groups in total. The maximum atomic E-state index is 12.5. The van der Waals surface area contributed by atoms with Gasteiger partial charge < -0.3 is 19.4 Å². The van der Waals surface area contributed by atoms with Crippen LogP contribution in [0.15, 0.2) is 24.3 Å². The third-order valence-corrected chi connectivity index (χ3v) is 3.08. The van der Waals surface area contributed by atoms with E-state index in [9.17, 15) is 14.7 Å². The quantitative estimate of drug-likeness (QED) is 0.446. The molecular formula is C14H10ClN2NaO5. The Hall–Kier alpha value is -1.67. The molecule has 2 aromatic rings. The van der Waals surface area contributed by atoms with Crippen molar-refractivity contribution >= 4 is 23.4 Å². The van der Waals surface area contributed by atoms with E-state index in [2.05, 4.69) is 9.97 Å². The van der Waals surface area contributed by atoms with Crippen molar-refractivity contribution in [2.24, 2.45) is 0 Å². The number of aromatic nitrogens is 2. The molecule has 0 atom stereocenters. The summed E-state index contributed by atoms with van der Waals surface area (Å²) in [7, 11) is 2.73. The molecule has 1 heterocycles. The Morgan fingerprint density at radius 3 is 2.17 bits per heavy atom. The summed E-state index contributed by atoms with van der Waals surface area (Å²) in [5.74, 6) is -2.37. The molecule has 0 radical (unpaired) electrons. The van der Waals surface area contributed by atoms with Crippen molar-refractivity contribution in [3.05, 3.63) is 46.2 Å². The molecule has 0 unspecified atom stereocenters. The number of aromatic carboxylic acids is 1. The average molecular weight is 345 g/mol. The molecule has 9 heteroatoms. The Labute approximate surface area is 158 Å². The summed E-state index contributed by atoms with van der Waals surface area (Å²) < 4.78 is 9.89. The van der Waals surface area contributed by atoms with E-state index in [1.807, 2.05) is 0 Å². The number of carboxylic acid groups (broad SMARTS) is 1. The van der Waals surface area contributed by atoms with Gasteiger partial charge in [-0.3, -0.25) is 4.79 Å². The number of carbonyl (C=O) groups is 2. The van der Waals surface area contributed by atoms with Gasteiger partial charge in [0.15, 0.2) is 0 Å². The first-order valence-corrected chi connectivity index (χ1v) is 6.37. The van der Waals surface area contributed by atoms with E-state index in [4.69, 9.17) is 21.1 Å². The molecule has 0 saturated heterocycles. The summed E-state index contributed by atoms with van der Waals surface area (Å²) in [6, 6.07) is 5.47. The number of nitrogens with zero attached hydrogens (tertiary/aromatic N) is 2. The first kappa shape index (κ1) is 19.4. The maximum absolute atomic E-state index is 12.5. The summed E-state index contributed by atoms with van der Waals surface area (Å²) >= 11 is 5.81. The van der Waals surface area contributed by atoms with Crippen LogP contribution in [0.25, 0.3) is 0 Å². The Morgan fingerprint density at radius 2 is 1.70 bits per heavy atom. The van der Waals surface area contributed by atoms with Crippen LogP contribution in [-0.4, -0.2) is 35.9 Å². The predicted molar refractivity (Wildman–Crippen MR) is 74.4 cm³/mol. The van der Waals surface area contributed by atoms with E-state index in [0.29, 0.717) is 0 Å². The van der Waals surface area contributed by atoms with Crippen molar-refractivity contribution in [1.29, 1.82) is 0 Å². The fourth-order valence-corrected chi connectivity index (χ4v) is 2.01. The van der Waals surface area contributed by atoms with Crippen LogP contribution in [0.3, 0.4) is 0 Å². The third-order valence-electron chi connectivity index (χ3n) is 2.76. The molecule has 0 aliphatic rings. The van der Waals surface area contributed by atoms with Crippen molar-refractivity contribution < 1.29 is 53.7 Å². The number of ether oxygens (including phenoxy) is 2. The van der Waals surface area contributed by atoms with Crippen LogP contribution in [0, 0.1) is 0 Å². The van der Waals surface area contributed by atoms with Gasteiger partial charge in [0.1, 0.15) is 0 Å². The molecule has 2 rings (SSSR count). The van der Waals surface area contributed by atoms with Crippen LogP contribution in [0.4, 0.5) is 0 Å². The second kappa shape index (κ2) is 8.26. The maximum Gasteiger partial charge on any atom is 1.00 e. The number of hydrogen-bond donors (Lipinski definition) is 0. The van der Waals surface area contributed by atoms with Gasteiger partial charge in [-0.25, -0.2) is 0 Å². The summed E-state index contributed by atoms with van der Waals surface area (Å²) in [5, 5.41) is 11.1. The standard InChI is InChI=1S/C14H11ClN2O5.Na/c1-21-9-6-10(22-2)17-13(16-9)12(18)7-4-3-5-8(15)11(7)14(19)20;/h3-6H,1-2H3,(H,19,20);/q;+1/p-1. The molecule has 0 spiro atoms. The molecular weight excluding hydrogens is 335 g/mol. The Bertz CT molecular complexity index is 732. The number of methoxy groups -OCH3 is 2. The van der Waals surface area contributed by atoms with Crippen LogP contribution >= 0.6 is 11.6 Å². The second-order valence-electron chi connectivity index (χ2n) is 4.06. The number of carboxylic acids is 1. The Morgan fingerprint density at radius 1 is 1.13 bits per heavy atom. The minimum absolute atomic E-state index is 0. The summed E-state index contributed by atoms with van der Waals surface area (Å²) in [6.07, 6.45) is 0. The largest absolute Gasteiger partial charge is 1.00 e. The zero-order valence-electron chi connectivity index (χ0n) is 12.6. The fourth-order valence-electron chi connectivity index (χ4n) is 1.76. The first-order valence-electron chi connectivity index (χ1n) is 5.99. The van der Waals surface area contributed by atoms with Gasteiger partial charge >= 0.3 is 29.6 Å². The summed E-state index contributed by atoms with van der Waals surface area (Å²) in [4.78, 5) is 31.4. The Kier molecular flexibility index (Phi) is 6.96. The van der Waals surface area contributed by atoms with Crippen molar-refractivity contribution in [1.82, 2.24) is 9.97 Å². The molecule has 0 aliphatic carbocycles. The third kappa shape index (κ3) is 4.20. The molecule has 1 aromatic heterocycles. The SMILES string of the molecule is COc1cc(OC)nc(C(=O)c2cccc(Cl)c2C(=O)[O-])n1.[Na+]. The minimum atomic E-state index is -1.57. The van der Waals surface area contributed by atoms with E-state index in [0.717, 1.165) is 0 Å². The van der Waals surface area contributed by atoms with Crippen LogP contribution in [0.2, 0.25) is 5.02 Å². The van der Waals surface area contributed by atoms with Gasteiger partial charge in [0, 0.05) is 11.1 Å². The van der Waals surface area contributed by atoms with E-state index < -0.39 is 17.3 Å². The fraction of sp³-hybridized carbons (Fsp3) is 0.143. The number of hydrogen-bond acceptors (Lipinski definition) is 7. The summed E-state index contributed by atoms with van der Waals surface area (Å²) in [6.45, 7) is 0. The number of carbonyl (C=O) groups excluding carboxylic acids is 2. The van der Waals surface area contributed by atoms with E-state index >= 15 is 0 Å². The van der Waals surface area contributed by atoms with Gasteiger partial charge in [-0.15, -0.1) is 0 Å². The molecule has 7 nitrogen and oxygen atoms in total. The zero-order chi connectivity index (χ0) is 16.3. The topological polar surface area (TPSA) is 101 Å². The number of rotatable bonds is 5. The van der Waals surface area contributed by atoms with Gasteiger partial charge in [-0.2, -0.15) is 9.97 Å². The van der Waals surface area contributed by atoms with Crippen molar-refractivity contribution in [2.45, 2.75) is 0 Å². The van der Waals surface area contributed by atoms with Crippen LogP contribution in [0.5, 0.6) is 11.8 Å². The van der Waals surface area contributed by atoms with Gasteiger partial charge in [-0.05, 0) is 6.07 Å². The average Bonchev–Trinajstić information content (AvgIpc) is 2.52. The zero-order valence-corrected chi connectivity index (χ0v) is 15.4. The molecule has 114 valence electrons. The van der Waals surface area contributed by atoms with Gasteiger partial charge in [-0.1, -0.05) is 23.7 Å². The minimum Gasteiger partial charge on any atom is -0.545 e. The second-order valence-corrected chi connectivity index (χ2v) is 4.46. The predicted octanol–water partition coefficient (Wildman–Crippen LogP) is -2.25. The molecule has 0 fully saturated rings. The van der Waals surface area contributed by atoms with E-state index in [1.54, 1.807) is 0 Å². The molecule has 23 heavy (non-hydrogen) atoms. The van der Waals surface area contributed by atoms with Crippen molar-refractivity contribution in [3.63, 3.8) is 0 Å². The normalized spacial score (nSPS) is 9.70. The number of halogens is 1. The van der Waals surface area contributed by atoms with Crippen LogP contribution in [-0.2, 0) is 0 Å². The number of ketones is 1. The monoisotopic (exact) mass is 344 g/mol. The molecule has 1 aromatic carbocycles. The molecule has 0 aliphatic heterocycles. The van der Waals surface area contributed by atoms with Gasteiger partial charge in [0.25, 0.3) is 0 Å². The van der Waals surface area contributed by atoms with E-state index in [-0.39, 0.29) is 57.7 Å². The molecule has 0 saturated carbocycles.